The summed E-state index contributed by atoms with van der Waals surface area (Å²) < 4.78 is 0.907. The van der Waals surface area contributed by atoms with Crippen molar-refractivity contribution in [3.63, 3.8) is 0 Å². The van der Waals surface area contributed by atoms with Crippen molar-refractivity contribution < 1.29 is 0 Å². The van der Waals surface area contributed by atoms with E-state index in [0.717, 1.165) is 58.5 Å². The summed E-state index contributed by atoms with van der Waals surface area (Å²) in [5.41, 5.74) is 6.61. The maximum atomic E-state index is 5.87. The summed E-state index contributed by atoms with van der Waals surface area (Å²) >= 11 is 3.37. The minimum atomic E-state index is 0.525. The van der Waals surface area contributed by atoms with E-state index >= 15 is 0 Å². The Morgan fingerprint density at radius 1 is 1.21 bits per heavy atom. The van der Waals surface area contributed by atoms with Crippen LogP contribution in [0.1, 0.15) is 12.2 Å². The van der Waals surface area contributed by atoms with Gasteiger partial charge in [-0.05, 0) is 46.5 Å². The van der Waals surface area contributed by atoms with Crippen LogP contribution in [-0.2, 0) is 6.42 Å². The third kappa shape index (κ3) is 3.03. The Labute approximate surface area is 148 Å². The van der Waals surface area contributed by atoms with Gasteiger partial charge in [0.1, 0.15) is 5.82 Å². The van der Waals surface area contributed by atoms with Crippen LogP contribution >= 0.6 is 15.9 Å². The molecule has 0 aliphatic carbocycles. The molecule has 4 rings (SSSR count). The molecule has 0 amide bonds. The predicted octanol–water partition coefficient (Wildman–Crippen LogP) is 2.83. The Balaban J connectivity index is 1.53. The summed E-state index contributed by atoms with van der Waals surface area (Å²) in [5.74, 6) is 2.35. The van der Waals surface area contributed by atoms with Gasteiger partial charge in [-0.3, -0.25) is 0 Å². The van der Waals surface area contributed by atoms with E-state index in [1.54, 1.807) is 18.6 Å². The number of nitrogens with two attached hydrogens (primary N) is 1. The van der Waals surface area contributed by atoms with E-state index < -0.39 is 0 Å². The minimum Gasteiger partial charge on any atom is -0.399 e. The lowest BCUT2D eigenvalue weighted by Crippen LogP contribution is -2.22. The molecule has 1 aromatic carbocycles. The van der Waals surface area contributed by atoms with Gasteiger partial charge in [-0.15, -0.1) is 5.10 Å². The van der Waals surface area contributed by atoms with Crippen molar-refractivity contribution in [2.45, 2.75) is 12.8 Å². The van der Waals surface area contributed by atoms with E-state index in [1.165, 1.54) is 0 Å². The first-order chi connectivity index (χ1) is 11.7. The van der Waals surface area contributed by atoms with Gasteiger partial charge in [0.25, 0.3) is 0 Å². The Kier molecular flexibility index (Phi) is 4.02. The molecule has 2 N–H and O–H groups in total. The summed E-state index contributed by atoms with van der Waals surface area (Å²) in [7, 11) is 0. The fraction of sp³-hybridized carbons (Fsp3) is 0.294. The van der Waals surface area contributed by atoms with Gasteiger partial charge in [0, 0.05) is 48.4 Å². The number of benzene rings is 1. The second kappa shape index (κ2) is 6.32. The summed E-state index contributed by atoms with van der Waals surface area (Å²) in [4.78, 5) is 11.1. The number of nitrogen functional groups attached to an aromatic ring is 1. The number of aromatic nitrogens is 4. The van der Waals surface area contributed by atoms with Crippen LogP contribution in [0.3, 0.4) is 0 Å². The van der Waals surface area contributed by atoms with Crippen molar-refractivity contribution in [3.05, 3.63) is 47.1 Å². The molecule has 1 saturated heterocycles. The molecule has 2 aromatic heterocycles. The average molecular weight is 385 g/mol. The van der Waals surface area contributed by atoms with Gasteiger partial charge in [-0.1, -0.05) is 0 Å². The van der Waals surface area contributed by atoms with Gasteiger partial charge >= 0.3 is 0 Å². The molecule has 0 saturated carbocycles. The SMILES string of the molecule is Nc1ccc2c(N3CC[C@@H](Cc4ncc(Br)cn4)C3)nncc2c1. The highest BCUT2D eigenvalue weighted by Crippen LogP contribution is 2.30. The molecule has 0 radical (unpaired) electrons. The number of fused-ring (bicyclic) bond motifs is 1. The third-order valence-corrected chi connectivity index (χ3v) is 4.81. The van der Waals surface area contributed by atoms with Crippen LogP contribution in [-0.4, -0.2) is 33.3 Å². The Morgan fingerprint density at radius 3 is 2.88 bits per heavy atom. The molecule has 1 aliphatic heterocycles. The van der Waals surface area contributed by atoms with Crippen molar-refractivity contribution in [1.29, 1.82) is 0 Å². The molecule has 122 valence electrons. The summed E-state index contributed by atoms with van der Waals surface area (Å²) in [5, 5.41) is 10.6. The summed E-state index contributed by atoms with van der Waals surface area (Å²) in [6.07, 6.45) is 7.35. The molecule has 6 nitrogen and oxygen atoms in total. The van der Waals surface area contributed by atoms with Crippen molar-refractivity contribution in [1.82, 2.24) is 20.2 Å². The first kappa shape index (κ1) is 15.3. The van der Waals surface area contributed by atoms with Gasteiger partial charge in [-0.2, -0.15) is 5.10 Å². The van der Waals surface area contributed by atoms with Gasteiger partial charge in [-0.25, -0.2) is 9.97 Å². The molecule has 3 aromatic rings. The van der Waals surface area contributed by atoms with E-state index in [-0.39, 0.29) is 0 Å². The largest absolute Gasteiger partial charge is 0.399 e. The highest BCUT2D eigenvalue weighted by Gasteiger charge is 2.26. The zero-order valence-electron chi connectivity index (χ0n) is 13.1. The predicted molar refractivity (Wildman–Crippen MR) is 97.7 cm³/mol. The van der Waals surface area contributed by atoms with Gasteiger partial charge < -0.3 is 10.6 Å². The molecular weight excluding hydrogens is 368 g/mol. The Morgan fingerprint density at radius 2 is 2.04 bits per heavy atom. The van der Waals surface area contributed by atoms with Crippen molar-refractivity contribution in [3.8, 4) is 0 Å². The van der Waals surface area contributed by atoms with E-state index in [2.05, 4.69) is 41.0 Å². The lowest BCUT2D eigenvalue weighted by atomic mass is 10.0. The lowest BCUT2D eigenvalue weighted by Gasteiger charge is -2.18. The number of nitrogens with zero attached hydrogens (tertiary/aromatic N) is 5. The first-order valence-corrected chi connectivity index (χ1v) is 8.70. The molecule has 24 heavy (non-hydrogen) atoms. The van der Waals surface area contributed by atoms with Crippen molar-refractivity contribution in [2.75, 3.05) is 23.7 Å². The summed E-state index contributed by atoms with van der Waals surface area (Å²) in [6, 6.07) is 5.88. The van der Waals surface area contributed by atoms with E-state index in [4.69, 9.17) is 5.73 Å². The fourth-order valence-corrected chi connectivity index (χ4v) is 3.42. The third-order valence-electron chi connectivity index (χ3n) is 4.40. The average Bonchev–Trinajstić information content (AvgIpc) is 3.04. The maximum Gasteiger partial charge on any atom is 0.159 e. The summed E-state index contributed by atoms with van der Waals surface area (Å²) in [6.45, 7) is 1.91. The molecule has 0 spiro atoms. The van der Waals surface area contributed by atoms with E-state index in [1.807, 2.05) is 18.2 Å². The van der Waals surface area contributed by atoms with Crippen molar-refractivity contribution in [2.24, 2.45) is 5.92 Å². The topological polar surface area (TPSA) is 80.8 Å². The smallest absolute Gasteiger partial charge is 0.159 e. The molecule has 1 fully saturated rings. The zero-order valence-corrected chi connectivity index (χ0v) is 14.6. The minimum absolute atomic E-state index is 0.525. The number of anilines is 2. The number of rotatable bonds is 3. The zero-order chi connectivity index (χ0) is 16.5. The van der Waals surface area contributed by atoms with E-state index in [0.29, 0.717) is 5.92 Å². The highest BCUT2D eigenvalue weighted by molar-refractivity contribution is 9.10. The molecule has 7 heteroatoms. The lowest BCUT2D eigenvalue weighted by molar-refractivity contribution is 0.566. The molecule has 3 heterocycles. The molecule has 1 atom stereocenters. The molecule has 1 aliphatic rings. The van der Waals surface area contributed by atoms with Gasteiger partial charge in [0.05, 0.1) is 10.7 Å². The molecule has 0 bridgehead atoms. The second-order valence-electron chi connectivity index (χ2n) is 6.14. The van der Waals surface area contributed by atoms with Crippen LogP contribution in [0.15, 0.2) is 41.3 Å². The normalized spacial score (nSPS) is 17.5. The first-order valence-electron chi connectivity index (χ1n) is 7.91. The molecule has 0 unspecified atom stereocenters. The Hall–Kier alpha value is -2.28. The number of hydrogen-bond acceptors (Lipinski definition) is 6. The fourth-order valence-electron chi connectivity index (χ4n) is 3.22. The van der Waals surface area contributed by atoms with Crippen LogP contribution in [0.2, 0.25) is 0 Å². The second-order valence-corrected chi connectivity index (χ2v) is 7.05. The van der Waals surface area contributed by atoms with Crippen LogP contribution < -0.4 is 10.6 Å². The quantitative estimate of drug-likeness (QED) is 0.699. The Bertz CT molecular complexity index is 867. The van der Waals surface area contributed by atoms with Crippen molar-refractivity contribution >= 4 is 38.2 Å². The van der Waals surface area contributed by atoms with E-state index in [9.17, 15) is 0 Å². The molecular formula is C17H17BrN6. The van der Waals surface area contributed by atoms with Gasteiger partial charge in [0.2, 0.25) is 0 Å². The van der Waals surface area contributed by atoms with Crippen LogP contribution in [0, 0.1) is 5.92 Å². The highest BCUT2D eigenvalue weighted by atomic mass is 79.9. The number of halogens is 1. The number of hydrogen-bond donors (Lipinski definition) is 1. The van der Waals surface area contributed by atoms with Crippen LogP contribution in [0.5, 0.6) is 0 Å². The maximum absolute atomic E-state index is 5.87. The standard InChI is InChI=1S/C17H17BrN6/c18-13-8-20-16(21-9-13)5-11-3-4-24(10-11)17-15-2-1-14(19)6-12(15)7-22-23-17/h1-2,6-9,11H,3-5,10,19H2/t11-/m0/s1. The monoisotopic (exact) mass is 384 g/mol. The van der Waals surface area contributed by atoms with Crippen LogP contribution in [0.25, 0.3) is 10.8 Å². The van der Waals surface area contributed by atoms with Crippen LogP contribution in [0.4, 0.5) is 11.5 Å². The van der Waals surface area contributed by atoms with Gasteiger partial charge in [0.15, 0.2) is 5.82 Å².